The van der Waals surface area contributed by atoms with E-state index in [-0.39, 0.29) is 0 Å². The minimum Gasteiger partial charge on any atom is -0.382 e. The van der Waals surface area contributed by atoms with Crippen molar-refractivity contribution in [3.05, 3.63) is 0 Å². The largest absolute Gasteiger partial charge is 0.382 e. The lowest BCUT2D eigenvalue weighted by Crippen LogP contribution is -2.08. The Hall–Kier alpha value is 0.170. The molecule has 0 unspecified atom stereocenters. The van der Waals surface area contributed by atoms with Crippen molar-refractivity contribution in [3.8, 4) is 9.85 Å². The van der Waals surface area contributed by atoms with Crippen LogP contribution in [0, 0.1) is 9.85 Å². The van der Waals surface area contributed by atoms with Crippen molar-refractivity contribution < 1.29 is 14.2 Å². The Morgan fingerprint density at radius 3 is 2.42 bits per heavy atom. The Morgan fingerprint density at radius 1 is 1.08 bits per heavy atom. The molecule has 0 rings (SSSR count). The first-order valence-electron chi connectivity index (χ1n) is 3.64. The van der Waals surface area contributed by atoms with Gasteiger partial charge in [-0.05, 0) is 3.93 Å². The zero-order chi connectivity index (χ0) is 9.07. The standard InChI is InChI=1S/C8H13IO3/c1-10-5-6-12-8-7-11-4-2-3-9/h4-8H2,1H3. The molecule has 12 heavy (non-hydrogen) atoms. The Labute approximate surface area is 86.9 Å². The summed E-state index contributed by atoms with van der Waals surface area (Å²) in [5, 5.41) is 0. The van der Waals surface area contributed by atoms with Crippen LogP contribution >= 0.6 is 22.6 Å². The van der Waals surface area contributed by atoms with E-state index in [4.69, 9.17) is 14.2 Å². The van der Waals surface area contributed by atoms with Gasteiger partial charge in [-0.2, -0.15) is 0 Å². The van der Waals surface area contributed by atoms with E-state index in [9.17, 15) is 0 Å². The molecule has 0 aromatic carbocycles. The van der Waals surface area contributed by atoms with Gasteiger partial charge in [0.15, 0.2) is 0 Å². The van der Waals surface area contributed by atoms with Gasteiger partial charge in [0.2, 0.25) is 0 Å². The number of ether oxygens (including phenoxy) is 3. The molecule has 4 heteroatoms. The predicted molar refractivity (Wildman–Crippen MR) is 55.3 cm³/mol. The molecule has 0 heterocycles. The molecule has 0 saturated heterocycles. The van der Waals surface area contributed by atoms with Gasteiger partial charge in [-0.15, -0.1) is 0 Å². The number of halogens is 1. The molecule has 70 valence electrons. The lowest BCUT2D eigenvalue weighted by molar-refractivity contribution is 0.0324. The Balaban J connectivity index is 2.84. The SMILES string of the molecule is COCCOCCOCC#CI. The molecule has 0 fully saturated rings. The van der Waals surface area contributed by atoms with E-state index in [1.165, 1.54) is 0 Å². The van der Waals surface area contributed by atoms with Gasteiger partial charge < -0.3 is 14.2 Å². The van der Waals surface area contributed by atoms with Crippen LogP contribution in [0.5, 0.6) is 0 Å². The first-order chi connectivity index (χ1) is 5.91. The van der Waals surface area contributed by atoms with E-state index in [1.54, 1.807) is 7.11 Å². The highest BCUT2D eigenvalue weighted by Crippen LogP contribution is 1.79. The van der Waals surface area contributed by atoms with E-state index in [1.807, 2.05) is 22.6 Å². The quantitative estimate of drug-likeness (QED) is 0.397. The molecule has 0 N–H and O–H groups in total. The minimum absolute atomic E-state index is 0.483. The summed E-state index contributed by atoms with van der Waals surface area (Å²) in [7, 11) is 1.65. The molecular formula is C8H13IO3. The van der Waals surface area contributed by atoms with Crippen LogP contribution in [0.1, 0.15) is 0 Å². The fourth-order valence-corrected chi connectivity index (χ4v) is 0.668. The van der Waals surface area contributed by atoms with Crippen molar-refractivity contribution in [1.29, 1.82) is 0 Å². The third-order valence-electron chi connectivity index (χ3n) is 1.04. The zero-order valence-corrected chi connectivity index (χ0v) is 9.30. The average molecular weight is 284 g/mol. The summed E-state index contributed by atoms with van der Waals surface area (Å²) in [6, 6.07) is 0. The smallest absolute Gasteiger partial charge is 0.108 e. The summed E-state index contributed by atoms with van der Waals surface area (Å²) >= 11 is 1.98. The highest BCUT2D eigenvalue weighted by molar-refractivity contribution is 14.1. The fourth-order valence-electron chi connectivity index (χ4n) is 0.513. The summed E-state index contributed by atoms with van der Waals surface area (Å²) < 4.78 is 17.8. The molecule has 0 saturated carbocycles. The van der Waals surface area contributed by atoms with Gasteiger partial charge in [0.05, 0.1) is 26.4 Å². The van der Waals surface area contributed by atoms with Crippen LogP contribution in [0.15, 0.2) is 0 Å². The molecule has 3 nitrogen and oxygen atoms in total. The Morgan fingerprint density at radius 2 is 1.75 bits per heavy atom. The first kappa shape index (κ1) is 12.2. The van der Waals surface area contributed by atoms with Crippen LogP contribution in [-0.4, -0.2) is 40.1 Å². The highest BCUT2D eigenvalue weighted by Gasteiger charge is 1.87. The molecule has 0 radical (unpaired) electrons. The maximum atomic E-state index is 5.15. The summed E-state index contributed by atoms with van der Waals surface area (Å²) in [6.45, 7) is 2.93. The fraction of sp³-hybridized carbons (Fsp3) is 0.750. The second-order valence-corrected chi connectivity index (χ2v) is 2.47. The van der Waals surface area contributed by atoms with Gasteiger partial charge in [-0.3, -0.25) is 0 Å². The summed E-state index contributed by atoms with van der Waals surface area (Å²) in [6.07, 6.45) is 0. The van der Waals surface area contributed by atoms with Gasteiger partial charge >= 0.3 is 0 Å². The third-order valence-corrected chi connectivity index (χ3v) is 1.43. The van der Waals surface area contributed by atoms with Crippen molar-refractivity contribution in [3.63, 3.8) is 0 Å². The van der Waals surface area contributed by atoms with Crippen LogP contribution in [0.4, 0.5) is 0 Å². The number of hydrogen-bond acceptors (Lipinski definition) is 3. The van der Waals surface area contributed by atoms with Gasteiger partial charge in [0.1, 0.15) is 6.61 Å². The summed E-state index contributed by atoms with van der Waals surface area (Å²) in [4.78, 5) is 0. The van der Waals surface area contributed by atoms with Gasteiger partial charge in [-0.25, -0.2) is 0 Å². The molecule has 0 aliphatic heterocycles. The van der Waals surface area contributed by atoms with E-state index in [0.717, 1.165) is 0 Å². The number of rotatable bonds is 7. The molecule has 0 amide bonds. The van der Waals surface area contributed by atoms with E-state index < -0.39 is 0 Å². The van der Waals surface area contributed by atoms with Crippen LogP contribution in [-0.2, 0) is 14.2 Å². The van der Waals surface area contributed by atoms with Crippen LogP contribution in [0.2, 0.25) is 0 Å². The Bertz CT molecular complexity index is 139. The lowest BCUT2D eigenvalue weighted by atomic mass is 10.7. The second-order valence-electron chi connectivity index (χ2n) is 1.93. The highest BCUT2D eigenvalue weighted by atomic mass is 127. The molecule has 0 bridgehead atoms. The van der Waals surface area contributed by atoms with Crippen molar-refractivity contribution in [2.45, 2.75) is 0 Å². The van der Waals surface area contributed by atoms with Crippen LogP contribution in [0.3, 0.4) is 0 Å². The molecule has 0 spiro atoms. The van der Waals surface area contributed by atoms with Crippen molar-refractivity contribution in [2.75, 3.05) is 40.1 Å². The van der Waals surface area contributed by atoms with E-state index >= 15 is 0 Å². The molecule has 0 atom stereocenters. The first-order valence-corrected chi connectivity index (χ1v) is 4.72. The molecular weight excluding hydrogens is 271 g/mol. The molecule has 0 aliphatic carbocycles. The summed E-state index contributed by atoms with van der Waals surface area (Å²) in [5.41, 5.74) is 0. The van der Waals surface area contributed by atoms with Gasteiger partial charge in [-0.1, -0.05) is 5.92 Å². The van der Waals surface area contributed by atoms with Gasteiger partial charge in [0, 0.05) is 29.7 Å². The topological polar surface area (TPSA) is 27.7 Å². The molecule has 0 aromatic heterocycles. The molecule has 0 aliphatic rings. The average Bonchev–Trinajstić information content (AvgIpc) is 2.10. The number of methoxy groups -OCH3 is 1. The van der Waals surface area contributed by atoms with E-state index in [2.05, 4.69) is 9.85 Å². The van der Waals surface area contributed by atoms with Crippen LogP contribution in [0.25, 0.3) is 0 Å². The monoisotopic (exact) mass is 284 g/mol. The van der Waals surface area contributed by atoms with Crippen molar-refractivity contribution in [2.24, 2.45) is 0 Å². The summed E-state index contributed by atoms with van der Waals surface area (Å²) in [5.74, 6) is 2.78. The Kier molecular flexibility index (Phi) is 11.3. The van der Waals surface area contributed by atoms with E-state index in [0.29, 0.717) is 33.0 Å². The minimum atomic E-state index is 0.483. The lowest BCUT2D eigenvalue weighted by Gasteiger charge is -2.02. The predicted octanol–water partition coefficient (Wildman–Crippen LogP) is 1.06. The molecule has 0 aromatic rings. The second kappa shape index (κ2) is 11.2. The normalized spacial score (nSPS) is 9.17. The van der Waals surface area contributed by atoms with Crippen molar-refractivity contribution in [1.82, 2.24) is 0 Å². The zero-order valence-electron chi connectivity index (χ0n) is 7.14. The maximum absolute atomic E-state index is 5.15. The maximum Gasteiger partial charge on any atom is 0.108 e. The third kappa shape index (κ3) is 10.2. The van der Waals surface area contributed by atoms with Crippen molar-refractivity contribution >= 4 is 22.6 Å². The van der Waals surface area contributed by atoms with Crippen LogP contribution < -0.4 is 0 Å². The number of hydrogen-bond donors (Lipinski definition) is 0. The van der Waals surface area contributed by atoms with Gasteiger partial charge in [0.25, 0.3) is 0 Å².